The molecule has 1 N–H and O–H groups in total. The molecule has 0 heterocycles. The van der Waals surface area contributed by atoms with Crippen LogP contribution < -0.4 is 14.8 Å². The Kier molecular flexibility index (Phi) is 5.34. The zero-order chi connectivity index (χ0) is 13.4. The molecular formula is C11H14N4O3. The van der Waals surface area contributed by atoms with E-state index in [-0.39, 0.29) is 19.0 Å². The quantitative estimate of drug-likeness (QED) is 0.360. The predicted molar refractivity (Wildman–Crippen MR) is 65.9 cm³/mol. The van der Waals surface area contributed by atoms with Crippen LogP contribution in [-0.4, -0.2) is 33.2 Å². The van der Waals surface area contributed by atoms with E-state index in [1.807, 2.05) is 0 Å². The molecule has 7 heteroatoms. The number of ether oxygens (including phenoxy) is 2. The van der Waals surface area contributed by atoms with Crippen molar-refractivity contribution in [2.75, 3.05) is 27.3 Å². The summed E-state index contributed by atoms with van der Waals surface area (Å²) in [5.41, 5.74) is 8.54. The number of amides is 1. The second-order valence-electron chi connectivity index (χ2n) is 3.28. The highest BCUT2D eigenvalue weighted by Crippen LogP contribution is 2.27. The first-order valence-electron chi connectivity index (χ1n) is 5.24. The largest absolute Gasteiger partial charge is 0.493 e. The third-order valence-corrected chi connectivity index (χ3v) is 2.21. The van der Waals surface area contributed by atoms with Crippen molar-refractivity contribution in [2.24, 2.45) is 5.11 Å². The van der Waals surface area contributed by atoms with Gasteiger partial charge in [0.15, 0.2) is 11.5 Å². The summed E-state index contributed by atoms with van der Waals surface area (Å²) in [7, 11) is 3.03. The molecule has 0 spiro atoms. The summed E-state index contributed by atoms with van der Waals surface area (Å²) in [6, 6.07) is 4.87. The van der Waals surface area contributed by atoms with E-state index in [0.29, 0.717) is 17.1 Å². The van der Waals surface area contributed by atoms with Crippen LogP contribution in [0.5, 0.6) is 11.5 Å². The van der Waals surface area contributed by atoms with E-state index in [9.17, 15) is 4.79 Å². The number of methoxy groups -OCH3 is 2. The van der Waals surface area contributed by atoms with Gasteiger partial charge < -0.3 is 14.8 Å². The number of hydrogen-bond donors (Lipinski definition) is 1. The summed E-state index contributed by atoms with van der Waals surface area (Å²) in [5.74, 6) is 0.785. The molecule has 0 radical (unpaired) electrons. The van der Waals surface area contributed by atoms with Crippen LogP contribution in [0.4, 0.5) is 0 Å². The number of carbonyl (C=O) groups is 1. The first-order valence-corrected chi connectivity index (χ1v) is 5.24. The lowest BCUT2D eigenvalue weighted by atomic mass is 10.2. The van der Waals surface area contributed by atoms with Crippen LogP contribution in [-0.2, 0) is 0 Å². The molecule has 0 aliphatic rings. The molecule has 0 aliphatic carbocycles. The first-order chi connectivity index (χ1) is 8.72. The maximum absolute atomic E-state index is 11.7. The topological polar surface area (TPSA) is 96.3 Å². The summed E-state index contributed by atoms with van der Waals surface area (Å²) in [4.78, 5) is 14.3. The van der Waals surface area contributed by atoms with Gasteiger partial charge in [0.1, 0.15) is 0 Å². The molecule has 1 rings (SSSR count). The van der Waals surface area contributed by atoms with E-state index < -0.39 is 0 Å². The van der Waals surface area contributed by atoms with E-state index in [4.69, 9.17) is 15.0 Å². The molecule has 0 saturated carbocycles. The lowest BCUT2D eigenvalue weighted by Gasteiger charge is -2.09. The summed E-state index contributed by atoms with van der Waals surface area (Å²) >= 11 is 0. The van der Waals surface area contributed by atoms with E-state index >= 15 is 0 Å². The minimum atomic E-state index is -0.260. The van der Waals surface area contributed by atoms with Crippen LogP contribution in [0.2, 0.25) is 0 Å². The number of carbonyl (C=O) groups excluding carboxylic acids is 1. The van der Waals surface area contributed by atoms with Crippen molar-refractivity contribution < 1.29 is 14.3 Å². The average Bonchev–Trinajstić information content (AvgIpc) is 2.42. The molecule has 18 heavy (non-hydrogen) atoms. The number of nitrogens with zero attached hydrogens (tertiary/aromatic N) is 3. The van der Waals surface area contributed by atoms with Gasteiger partial charge in [0, 0.05) is 23.6 Å². The normalized spacial score (nSPS) is 9.22. The van der Waals surface area contributed by atoms with Gasteiger partial charge in [-0.2, -0.15) is 0 Å². The predicted octanol–water partition coefficient (Wildman–Crippen LogP) is 1.74. The van der Waals surface area contributed by atoms with E-state index in [1.165, 1.54) is 14.2 Å². The molecule has 0 aliphatic heterocycles. The fourth-order valence-electron chi connectivity index (χ4n) is 1.34. The third kappa shape index (κ3) is 3.57. The number of rotatable bonds is 6. The fourth-order valence-corrected chi connectivity index (χ4v) is 1.34. The van der Waals surface area contributed by atoms with Crippen molar-refractivity contribution in [3.63, 3.8) is 0 Å². The van der Waals surface area contributed by atoms with Crippen molar-refractivity contribution in [1.29, 1.82) is 0 Å². The van der Waals surface area contributed by atoms with Crippen molar-refractivity contribution in [3.8, 4) is 11.5 Å². The summed E-state index contributed by atoms with van der Waals surface area (Å²) in [6.45, 7) is 0.507. The standard InChI is InChI=1S/C11H14N4O3/c1-17-9-4-3-8(7-10(9)18-2)11(16)13-5-6-14-15-12/h3-4,7H,5-6H2,1-2H3,(H,13,16). The molecule has 0 bridgehead atoms. The second kappa shape index (κ2) is 7.03. The van der Waals surface area contributed by atoms with Crippen molar-refractivity contribution in [2.45, 2.75) is 0 Å². The van der Waals surface area contributed by atoms with Gasteiger partial charge in [-0.15, -0.1) is 0 Å². The van der Waals surface area contributed by atoms with Gasteiger partial charge in [-0.25, -0.2) is 0 Å². The van der Waals surface area contributed by atoms with Crippen LogP contribution in [0.25, 0.3) is 10.4 Å². The maximum Gasteiger partial charge on any atom is 0.251 e. The Morgan fingerprint density at radius 2 is 2.11 bits per heavy atom. The molecular weight excluding hydrogens is 236 g/mol. The molecule has 0 saturated heterocycles. The lowest BCUT2D eigenvalue weighted by molar-refractivity contribution is 0.0954. The van der Waals surface area contributed by atoms with Gasteiger partial charge in [0.25, 0.3) is 5.91 Å². The van der Waals surface area contributed by atoms with Gasteiger partial charge in [-0.05, 0) is 23.7 Å². The van der Waals surface area contributed by atoms with Crippen LogP contribution in [0.1, 0.15) is 10.4 Å². The Bertz CT molecular complexity index is 469. The smallest absolute Gasteiger partial charge is 0.251 e. The zero-order valence-corrected chi connectivity index (χ0v) is 10.2. The molecule has 1 aromatic carbocycles. The lowest BCUT2D eigenvalue weighted by Crippen LogP contribution is -2.25. The maximum atomic E-state index is 11.7. The number of azide groups is 1. The SMILES string of the molecule is COc1ccc(C(=O)NCCN=[N+]=[N-])cc1OC. The molecule has 1 amide bonds. The highest BCUT2D eigenvalue weighted by molar-refractivity contribution is 5.94. The van der Waals surface area contributed by atoms with Crippen LogP contribution in [0.15, 0.2) is 23.3 Å². The van der Waals surface area contributed by atoms with E-state index in [2.05, 4.69) is 15.3 Å². The average molecular weight is 250 g/mol. The van der Waals surface area contributed by atoms with E-state index in [1.54, 1.807) is 18.2 Å². The summed E-state index contributed by atoms with van der Waals surface area (Å²) < 4.78 is 10.2. The molecule has 0 fully saturated rings. The Balaban J connectivity index is 2.71. The third-order valence-electron chi connectivity index (χ3n) is 2.21. The van der Waals surface area contributed by atoms with Crippen molar-refractivity contribution in [1.82, 2.24) is 5.32 Å². The van der Waals surface area contributed by atoms with Crippen LogP contribution in [0, 0.1) is 0 Å². The highest BCUT2D eigenvalue weighted by Gasteiger charge is 2.09. The number of nitrogens with one attached hydrogen (secondary N) is 1. The molecule has 0 atom stereocenters. The van der Waals surface area contributed by atoms with Crippen LogP contribution >= 0.6 is 0 Å². The Labute approximate surface area is 104 Å². The Morgan fingerprint density at radius 3 is 2.72 bits per heavy atom. The molecule has 7 nitrogen and oxygen atoms in total. The van der Waals surface area contributed by atoms with E-state index in [0.717, 1.165) is 0 Å². The minimum Gasteiger partial charge on any atom is -0.493 e. The van der Waals surface area contributed by atoms with Crippen molar-refractivity contribution >= 4 is 5.91 Å². The highest BCUT2D eigenvalue weighted by atomic mass is 16.5. The monoisotopic (exact) mass is 250 g/mol. The molecule has 96 valence electrons. The fraction of sp³-hybridized carbons (Fsp3) is 0.364. The van der Waals surface area contributed by atoms with Gasteiger partial charge >= 0.3 is 0 Å². The van der Waals surface area contributed by atoms with Gasteiger partial charge in [0.2, 0.25) is 0 Å². The van der Waals surface area contributed by atoms with Gasteiger partial charge in [-0.1, -0.05) is 5.11 Å². The first kappa shape index (κ1) is 13.7. The summed E-state index contributed by atoms with van der Waals surface area (Å²) in [5, 5.41) is 5.94. The number of benzene rings is 1. The van der Waals surface area contributed by atoms with Crippen molar-refractivity contribution in [3.05, 3.63) is 34.2 Å². The summed E-state index contributed by atoms with van der Waals surface area (Å²) in [6.07, 6.45) is 0. The minimum absolute atomic E-state index is 0.218. The second-order valence-corrected chi connectivity index (χ2v) is 3.28. The Morgan fingerprint density at radius 1 is 1.39 bits per heavy atom. The molecule has 0 unspecified atom stereocenters. The van der Waals surface area contributed by atoms with Gasteiger partial charge in [0.05, 0.1) is 14.2 Å². The molecule has 0 aromatic heterocycles. The Hall–Kier alpha value is -2.40. The molecule has 1 aromatic rings. The van der Waals surface area contributed by atoms with Crippen LogP contribution in [0.3, 0.4) is 0 Å². The number of hydrogen-bond acceptors (Lipinski definition) is 4. The zero-order valence-electron chi connectivity index (χ0n) is 10.2. The van der Waals surface area contributed by atoms with Gasteiger partial charge in [-0.3, -0.25) is 4.79 Å².